The SMILES string of the molecule is Cl.c1ccc(CCNN2CCOCC2)cc1. The van der Waals surface area contributed by atoms with Gasteiger partial charge in [0.05, 0.1) is 13.2 Å². The molecule has 0 amide bonds. The topological polar surface area (TPSA) is 24.5 Å². The van der Waals surface area contributed by atoms with Crippen LogP contribution in [0.25, 0.3) is 0 Å². The molecule has 0 radical (unpaired) electrons. The molecule has 1 aliphatic heterocycles. The summed E-state index contributed by atoms with van der Waals surface area (Å²) in [5.41, 5.74) is 4.81. The number of hydrazine groups is 1. The first-order chi connectivity index (χ1) is 7.45. The van der Waals surface area contributed by atoms with E-state index in [1.807, 2.05) is 0 Å². The summed E-state index contributed by atoms with van der Waals surface area (Å²) in [5, 5.41) is 2.24. The molecule has 1 aliphatic rings. The zero-order valence-electron chi connectivity index (χ0n) is 9.39. The Labute approximate surface area is 103 Å². The standard InChI is InChI=1S/C12H18N2O.ClH/c1-2-4-12(5-3-1)6-7-13-14-8-10-15-11-9-14;/h1-5,13H,6-11H2;1H. The molecule has 1 fully saturated rings. The maximum Gasteiger partial charge on any atom is 0.0608 e. The van der Waals surface area contributed by atoms with Crippen LogP contribution < -0.4 is 5.43 Å². The smallest absolute Gasteiger partial charge is 0.0608 e. The Balaban J connectivity index is 0.00000128. The van der Waals surface area contributed by atoms with Crippen LogP contribution in [0.2, 0.25) is 0 Å². The molecule has 1 aromatic carbocycles. The third-order valence-corrected chi connectivity index (χ3v) is 2.60. The zero-order chi connectivity index (χ0) is 10.3. The van der Waals surface area contributed by atoms with Crippen molar-refractivity contribution in [2.75, 3.05) is 32.8 Å². The predicted molar refractivity (Wildman–Crippen MR) is 67.8 cm³/mol. The first kappa shape index (κ1) is 13.5. The maximum atomic E-state index is 5.28. The molecule has 16 heavy (non-hydrogen) atoms. The highest BCUT2D eigenvalue weighted by molar-refractivity contribution is 5.85. The number of hydrogen-bond donors (Lipinski definition) is 1. The van der Waals surface area contributed by atoms with Gasteiger partial charge in [-0.2, -0.15) is 0 Å². The molecule has 0 aromatic heterocycles. The van der Waals surface area contributed by atoms with Crippen molar-refractivity contribution in [2.24, 2.45) is 0 Å². The monoisotopic (exact) mass is 242 g/mol. The lowest BCUT2D eigenvalue weighted by atomic mass is 10.2. The Morgan fingerprint density at radius 1 is 1.12 bits per heavy atom. The fraction of sp³-hybridized carbons (Fsp3) is 0.500. The van der Waals surface area contributed by atoms with Crippen molar-refractivity contribution >= 4 is 12.4 Å². The van der Waals surface area contributed by atoms with E-state index >= 15 is 0 Å². The number of benzene rings is 1. The van der Waals surface area contributed by atoms with Gasteiger partial charge in [0.2, 0.25) is 0 Å². The van der Waals surface area contributed by atoms with Gasteiger partial charge in [0.25, 0.3) is 0 Å². The molecule has 1 saturated heterocycles. The van der Waals surface area contributed by atoms with Gasteiger partial charge in [-0.05, 0) is 12.0 Å². The number of rotatable bonds is 4. The third-order valence-electron chi connectivity index (χ3n) is 2.60. The molecule has 2 rings (SSSR count). The summed E-state index contributed by atoms with van der Waals surface area (Å²) in [6, 6.07) is 10.6. The van der Waals surface area contributed by atoms with E-state index in [-0.39, 0.29) is 12.4 Å². The maximum absolute atomic E-state index is 5.28. The van der Waals surface area contributed by atoms with Crippen LogP contribution in [0.1, 0.15) is 5.56 Å². The summed E-state index contributed by atoms with van der Waals surface area (Å²) in [4.78, 5) is 0. The van der Waals surface area contributed by atoms with Crippen molar-refractivity contribution < 1.29 is 4.74 Å². The van der Waals surface area contributed by atoms with Crippen molar-refractivity contribution in [2.45, 2.75) is 6.42 Å². The number of halogens is 1. The quantitative estimate of drug-likeness (QED) is 0.866. The van der Waals surface area contributed by atoms with Crippen LogP contribution in [0.3, 0.4) is 0 Å². The molecule has 4 heteroatoms. The van der Waals surface area contributed by atoms with Gasteiger partial charge in [0.15, 0.2) is 0 Å². The Hall–Kier alpha value is -0.610. The van der Waals surface area contributed by atoms with E-state index in [0.717, 1.165) is 39.3 Å². The average Bonchev–Trinajstić information content (AvgIpc) is 2.32. The number of morpholine rings is 1. The van der Waals surface area contributed by atoms with Gasteiger partial charge in [0.1, 0.15) is 0 Å². The van der Waals surface area contributed by atoms with E-state index in [0.29, 0.717) is 0 Å². The highest BCUT2D eigenvalue weighted by Crippen LogP contribution is 1.99. The Bertz CT molecular complexity index is 276. The first-order valence-electron chi connectivity index (χ1n) is 5.55. The van der Waals surface area contributed by atoms with E-state index in [1.165, 1.54) is 5.56 Å². The second kappa shape index (κ2) is 7.63. The first-order valence-corrected chi connectivity index (χ1v) is 5.55. The fourth-order valence-electron chi connectivity index (χ4n) is 1.72. The molecule has 90 valence electrons. The number of nitrogens with zero attached hydrogens (tertiary/aromatic N) is 1. The average molecular weight is 243 g/mol. The molecule has 0 saturated carbocycles. The van der Waals surface area contributed by atoms with Gasteiger partial charge in [-0.25, -0.2) is 5.01 Å². The Morgan fingerprint density at radius 3 is 2.50 bits per heavy atom. The summed E-state index contributed by atoms with van der Waals surface area (Å²) in [6.07, 6.45) is 1.08. The lowest BCUT2D eigenvalue weighted by Gasteiger charge is -2.27. The summed E-state index contributed by atoms with van der Waals surface area (Å²) >= 11 is 0. The summed E-state index contributed by atoms with van der Waals surface area (Å²) in [5.74, 6) is 0. The number of hydrogen-bond acceptors (Lipinski definition) is 3. The molecule has 1 N–H and O–H groups in total. The Kier molecular flexibility index (Phi) is 6.42. The van der Waals surface area contributed by atoms with Crippen LogP contribution in [0.5, 0.6) is 0 Å². The molecule has 0 bridgehead atoms. The van der Waals surface area contributed by atoms with Gasteiger partial charge in [-0.15, -0.1) is 12.4 Å². The highest BCUT2D eigenvalue weighted by Gasteiger charge is 2.08. The van der Waals surface area contributed by atoms with Crippen molar-refractivity contribution in [3.05, 3.63) is 35.9 Å². The summed E-state index contributed by atoms with van der Waals surface area (Å²) in [6.45, 7) is 4.68. The number of nitrogens with one attached hydrogen (secondary N) is 1. The zero-order valence-corrected chi connectivity index (χ0v) is 10.2. The minimum Gasteiger partial charge on any atom is -0.379 e. The third kappa shape index (κ3) is 4.49. The minimum atomic E-state index is 0. The molecule has 0 aliphatic carbocycles. The normalized spacial score (nSPS) is 16.8. The molecular formula is C12H19ClN2O. The van der Waals surface area contributed by atoms with Crippen molar-refractivity contribution in [3.8, 4) is 0 Å². The summed E-state index contributed by atoms with van der Waals surface area (Å²) < 4.78 is 5.28. The van der Waals surface area contributed by atoms with Crippen LogP contribution in [0.4, 0.5) is 0 Å². The van der Waals surface area contributed by atoms with E-state index in [9.17, 15) is 0 Å². The van der Waals surface area contributed by atoms with Gasteiger partial charge < -0.3 is 4.74 Å². The molecular weight excluding hydrogens is 224 g/mol. The highest BCUT2D eigenvalue weighted by atomic mass is 35.5. The van der Waals surface area contributed by atoms with Crippen LogP contribution in [-0.4, -0.2) is 37.9 Å². The van der Waals surface area contributed by atoms with Crippen molar-refractivity contribution in [1.29, 1.82) is 0 Å². The van der Waals surface area contributed by atoms with Crippen LogP contribution >= 0.6 is 12.4 Å². The van der Waals surface area contributed by atoms with Gasteiger partial charge in [-0.1, -0.05) is 30.3 Å². The molecule has 1 heterocycles. The number of ether oxygens (including phenoxy) is 1. The fourth-order valence-corrected chi connectivity index (χ4v) is 1.72. The Morgan fingerprint density at radius 2 is 1.81 bits per heavy atom. The molecule has 0 atom stereocenters. The lowest BCUT2D eigenvalue weighted by molar-refractivity contribution is 0.0123. The lowest BCUT2D eigenvalue weighted by Crippen LogP contribution is -2.46. The molecule has 1 aromatic rings. The van der Waals surface area contributed by atoms with Crippen LogP contribution in [0.15, 0.2) is 30.3 Å². The van der Waals surface area contributed by atoms with Gasteiger partial charge in [-0.3, -0.25) is 5.43 Å². The van der Waals surface area contributed by atoms with Gasteiger partial charge in [0, 0.05) is 19.6 Å². The van der Waals surface area contributed by atoms with Crippen LogP contribution in [0, 0.1) is 0 Å². The van der Waals surface area contributed by atoms with Gasteiger partial charge >= 0.3 is 0 Å². The molecule has 3 nitrogen and oxygen atoms in total. The largest absolute Gasteiger partial charge is 0.379 e. The van der Waals surface area contributed by atoms with Crippen molar-refractivity contribution in [3.63, 3.8) is 0 Å². The van der Waals surface area contributed by atoms with Crippen molar-refractivity contribution in [1.82, 2.24) is 10.4 Å². The summed E-state index contributed by atoms with van der Waals surface area (Å²) in [7, 11) is 0. The second-order valence-electron chi connectivity index (χ2n) is 3.74. The predicted octanol–water partition coefficient (Wildman–Crippen LogP) is 1.49. The van der Waals surface area contributed by atoms with E-state index in [1.54, 1.807) is 0 Å². The molecule has 0 spiro atoms. The van der Waals surface area contributed by atoms with E-state index < -0.39 is 0 Å². The minimum absolute atomic E-state index is 0. The molecule has 0 unspecified atom stereocenters. The van der Waals surface area contributed by atoms with E-state index in [2.05, 4.69) is 40.8 Å². The van der Waals surface area contributed by atoms with E-state index in [4.69, 9.17) is 4.74 Å². The van der Waals surface area contributed by atoms with Crippen LogP contribution in [-0.2, 0) is 11.2 Å². The second-order valence-corrected chi connectivity index (χ2v) is 3.74.